The highest BCUT2D eigenvalue weighted by Gasteiger charge is 2.16. The standard InChI is InChI=1S/C14H20O4/c1-4-6-7-11-9(3)13(15)12(18-14(16)17)8-10(11)5-2/h8,15H,4-7H2,1-3H3,(H,16,17). The van der Waals surface area contributed by atoms with Crippen molar-refractivity contribution in [2.24, 2.45) is 0 Å². The second-order valence-corrected chi connectivity index (χ2v) is 4.31. The summed E-state index contributed by atoms with van der Waals surface area (Å²) in [6, 6.07) is 1.63. The van der Waals surface area contributed by atoms with E-state index in [1.807, 2.05) is 6.92 Å². The third kappa shape index (κ3) is 3.15. The van der Waals surface area contributed by atoms with E-state index in [1.165, 1.54) is 0 Å². The molecule has 4 nitrogen and oxygen atoms in total. The number of rotatable bonds is 5. The lowest BCUT2D eigenvalue weighted by molar-refractivity contribution is 0.142. The van der Waals surface area contributed by atoms with E-state index in [4.69, 9.17) is 5.11 Å². The number of hydrogen-bond acceptors (Lipinski definition) is 3. The van der Waals surface area contributed by atoms with Gasteiger partial charge in [-0.15, -0.1) is 0 Å². The minimum absolute atomic E-state index is 0.0251. The Morgan fingerprint density at radius 1 is 1.39 bits per heavy atom. The van der Waals surface area contributed by atoms with Crippen LogP contribution in [0.3, 0.4) is 0 Å². The predicted octanol–water partition coefficient (Wildman–Crippen LogP) is 3.66. The van der Waals surface area contributed by atoms with Crippen molar-refractivity contribution < 1.29 is 19.7 Å². The Balaban J connectivity index is 3.20. The highest BCUT2D eigenvalue weighted by atomic mass is 16.7. The number of benzene rings is 1. The molecule has 100 valence electrons. The van der Waals surface area contributed by atoms with Gasteiger partial charge in [0, 0.05) is 0 Å². The molecule has 0 heterocycles. The van der Waals surface area contributed by atoms with Gasteiger partial charge in [-0.2, -0.15) is 0 Å². The zero-order chi connectivity index (χ0) is 13.7. The molecule has 0 saturated heterocycles. The van der Waals surface area contributed by atoms with Crippen LogP contribution in [-0.4, -0.2) is 16.4 Å². The number of phenols is 1. The molecule has 0 unspecified atom stereocenters. The normalized spacial score (nSPS) is 10.4. The Morgan fingerprint density at radius 2 is 2.06 bits per heavy atom. The molecular formula is C14H20O4. The smallest absolute Gasteiger partial charge is 0.504 e. The maximum absolute atomic E-state index is 10.6. The van der Waals surface area contributed by atoms with E-state index in [-0.39, 0.29) is 11.5 Å². The maximum atomic E-state index is 10.6. The molecule has 0 aromatic heterocycles. The average molecular weight is 252 g/mol. The molecule has 0 amide bonds. The summed E-state index contributed by atoms with van der Waals surface area (Å²) in [5.74, 6) is -0.0437. The maximum Gasteiger partial charge on any atom is 0.511 e. The zero-order valence-corrected chi connectivity index (χ0v) is 11.1. The van der Waals surface area contributed by atoms with E-state index in [2.05, 4.69) is 11.7 Å². The molecule has 1 aromatic carbocycles. The van der Waals surface area contributed by atoms with Crippen LogP contribution in [0.1, 0.15) is 43.4 Å². The molecule has 0 fully saturated rings. The molecule has 1 aromatic rings. The van der Waals surface area contributed by atoms with Crippen molar-refractivity contribution in [3.63, 3.8) is 0 Å². The van der Waals surface area contributed by atoms with Crippen LogP contribution in [0.2, 0.25) is 0 Å². The summed E-state index contributed by atoms with van der Waals surface area (Å²) in [6.45, 7) is 5.92. The van der Waals surface area contributed by atoms with Crippen LogP contribution < -0.4 is 4.74 Å². The Morgan fingerprint density at radius 3 is 2.56 bits per heavy atom. The van der Waals surface area contributed by atoms with E-state index in [9.17, 15) is 9.90 Å². The fraction of sp³-hybridized carbons (Fsp3) is 0.500. The summed E-state index contributed by atoms with van der Waals surface area (Å²) in [4.78, 5) is 10.6. The summed E-state index contributed by atoms with van der Waals surface area (Å²) >= 11 is 0. The van der Waals surface area contributed by atoms with Crippen molar-refractivity contribution in [3.8, 4) is 11.5 Å². The van der Waals surface area contributed by atoms with Crippen molar-refractivity contribution in [2.75, 3.05) is 0 Å². The monoisotopic (exact) mass is 252 g/mol. The number of aryl methyl sites for hydroxylation is 1. The summed E-state index contributed by atoms with van der Waals surface area (Å²) in [6.07, 6.45) is 2.40. The van der Waals surface area contributed by atoms with Crippen LogP contribution in [0.15, 0.2) is 6.07 Å². The van der Waals surface area contributed by atoms with Crippen molar-refractivity contribution in [3.05, 3.63) is 22.8 Å². The topological polar surface area (TPSA) is 66.8 Å². The Hall–Kier alpha value is -1.71. The Labute approximate surface area is 107 Å². The number of carbonyl (C=O) groups is 1. The highest BCUT2D eigenvalue weighted by Crippen LogP contribution is 2.35. The molecule has 4 heteroatoms. The van der Waals surface area contributed by atoms with Gasteiger partial charge in [0.05, 0.1) is 0 Å². The fourth-order valence-electron chi connectivity index (χ4n) is 2.07. The minimum atomic E-state index is -1.41. The van der Waals surface area contributed by atoms with Gasteiger partial charge < -0.3 is 14.9 Å². The average Bonchev–Trinajstić information content (AvgIpc) is 2.33. The summed E-state index contributed by atoms with van der Waals surface area (Å²) in [5.41, 5.74) is 2.86. The summed E-state index contributed by atoms with van der Waals surface area (Å²) in [5, 5.41) is 18.6. The molecule has 0 aliphatic carbocycles. The van der Waals surface area contributed by atoms with Gasteiger partial charge in [-0.05, 0) is 48.9 Å². The van der Waals surface area contributed by atoms with Gasteiger partial charge >= 0.3 is 6.16 Å². The lowest BCUT2D eigenvalue weighted by atomic mass is 9.94. The van der Waals surface area contributed by atoms with Crippen molar-refractivity contribution in [1.82, 2.24) is 0 Å². The number of phenolic OH excluding ortho intramolecular Hbond substituents is 1. The highest BCUT2D eigenvalue weighted by molar-refractivity contribution is 5.65. The van der Waals surface area contributed by atoms with Gasteiger partial charge in [0.2, 0.25) is 0 Å². The second kappa shape index (κ2) is 6.28. The molecule has 0 aliphatic rings. The Kier molecular flexibility index (Phi) is 5.01. The minimum Gasteiger partial charge on any atom is -0.504 e. The molecule has 18 heavy (non-hydrogen) atoms. The van der Waals surface area contributed by atoms with E-state index in [1.54, 1.807) is 13.0 Å². The SMILES string of the molecule is CCCCc1c(CC)cc(OC(=O)O)c(O)c1C. The van der Waals surface area contributed by atoms with Crippen LogP contribution in [0, 0.1) is 6.92 Å². The number of carboxylic acid groups (broad SMARTS) is 1. The quantitative estimate of drug-likeness (QED) is 0.620. The lowest BCUT2D eigenvalue weighted by Crippen LogP contribution is -2.06. The number of hydrogen-bond donors (Lipinski definition) is 2. The van der Waals surface area contributed by atoms with E-state index in [0.29, 0.717) is 0 Å². The van der Waals surface area contributed by atoms with Crippen LogP contribution in [0.5, 0.6) is 11.5 Å². The third-order valence-electron chi connectivity index (χ3n) is 3.09. The number of ether oxygens (including phenoxy) is 1. The molecule has 1 rings (SSSR count). The van der Waals surface area contributed by atoms with Gasteiger partial charge in [-0.3, -0.25) is 0 Å². The predicted molar refractivity (Wildman–Crippen MR) is 69.5 cm³/mol. The number of aromatic hydroxyl groups is 1. The summed E-state index contributed by atoms with van der Waals surface area (Å²) in [7, 11) is 0. The van der Waals surface area contributed by atoms with Crippen LogP contribution in [0.25, 0.3) is 0 Å². The first kappa shape index (κ1) is 14.4. The number of unbranched alkanes of at least 4 members (excludes halogenated alkanes) is 1. The largest absolute Gasteiger partial charge is 0.511 e. The third-order valence-corrected chi connectivity index (χ3v) is 3.09. The van der Waals surface area contributed by atoms with E-state index >= 15 is 0 Å². The van der Waals surface area contributed by atoms with Gasteiger partial charge in [0.15, 0.2) is 11.5 Å². The molecule has 0 aliphatic heterocycles. The van der Waals surface area contributed by atoms with Gasteiger partial charge in [-0.1, -0.05) is 20.3 Å². The first-order valence-corrected chi connectivity index (χ1v) is 6.26. The molecule has 2 N–H and O–H groups in total. The van der Waals surface area contributed by atoms with Gasteiger partial charge in [0.1, 0.15) is 0 Å². The molecular weight excluding hydrogens is 232 g/mol. The molecule has 0 spiro atoms. The van der Waals surface area contributed by atoms with Gasteiger partial charge in [-0.25, -0.2) is 4.79 Å². The van der Waals surface area contributed by atoms with E-state index in [0.717, 1.165) is 42.4 Å². The molecule has 0 radical (unpaired) electrons. The van der Waals surface area contributed by atoms with Gasteiger partial charge in [0.25, 0.3) is 0 Å². The first-order chi connectivity index (χ1) is 8.51. The molecule has 0 atom stereocenters. The van der Waals surface area contributed by atoms with Crippen LogP contribution in [-0.2, 0) is 12.8 Å². The first-order valence-electron chi connectivity index (χ1n) is 6.26. The van der Waals surface area contributed by atoms with Crippen LogP contribution in [0.4, 0.5) is 4.79 Å². The Bertz CT molecular complexity index is 438. The van der Waals surface area contributed by atoms with E-state index < -0.39 is 6.16 Å². The second-order valence-electron chi connectivity index (χ2n) is 4.31. The summed E-state index contributed by atoms with van der Waals surface area (Å²) < 4.78 is 4.59. The molecule has 0 saturated carbocycles. The van der Waals surface area contributed by atoms with Crippen molar-refractivity contribution >= 4 is 6.16 Å². The van der Waals surface area contributed by atoms with Crippen LogP contribution >= 0.6 is 0 Å². The molecule has 0 bridgehead atoms. The lowest BCUT2D eigenvalue weighted by Gasteiger charge is -2.15. The zero-order valence-electron chi connectivity index (χ0n) is 11.1. The van der Waals surface area contributed by atoms with Crippen molar-refractivity contribution in [1.29, 1.82) is 0 Å². The van der Waals surface area contributed by atoms with Crippen molar-refractivity contribution in [2.45, 2.75) is 46.5 Å². The fourth-order valence-corrected chi connectivity index (χ4v) is 2.07.